The molecule has 146 valence electrons. The Balaban J connectivity index is 1.67. The van der Waals surface area contributed by atoms with E-state index < -0.39 is 0 Å². The van der Waals surface area contributed by atoms with Crippen LogP contribution in [0.3, 0.4) is 0 Å². The monoisotopic (exact) mass is 395 g/mol. The molecule has 0 radical (unpaired) electrons. The number of para-hydroxylation sites is 1. The molecule has 1 heterocycles. The molecule has 0 aliphatic carbocycles. The van der Waals surface area contributed by atoms with Crippen molar-refractivity contribution in [1.82, 2.24) is 4.98 Å². The van der Waals surface area contributed by atoms with Gasteiger partial charge < -0.3 is 4.98 Å². The highest BCUT2D eigenvalue weighted by atomic mass is 14.7. The van der Waals surface area contributed by atoms with Crippen molar-refractivity contribution in [2.24, 2.45) is 0 Å². The molecule has 1 nitrogen and oxygen atoms in total. The van der Waals surface area contributed by atoms with Crippen LogP contribution in [0.15, 0.2) is 121 Å². The zero-order valence-corrected chi connectivity index (χ0v) is 17.0. The van der Waals surface area contributed by atoms with Gasteiger partial charge in [-0.05, 0) is 51.6 Å². The van der Waals surface area contributed by atoms with Crippen LogP contribution in [-0.4, -0.2) is 4.98 Å². The van der Waals surface area contributed by atoms with Crippen molar-refractivity contribution >= 4 is 21.8 Å². The Morgan fingerprint density at radius 1 is 0.387 bits per heavy atom. The summed E-state index contributed by atoms with van der Waals surface area (Å²) in [5.74, 6) is 0. The summed E-state index contributed by atoms with van der Waals surface area (Å²) in [6, 6.07) is 43.3. The summed E-state index contributed by atoms with van der Waals surface area (Å²) in [4.78, 5) is 3.55. The maximum absolute atomic E-state index is 3.55. The van der Waals surface area contributed by atoms with Gasteiger partial charge in [0.05, 0.1) is 0 Å². The first-order valence-corrected chi connectivity index (χ1v) is 10.6. The fraction of sp³-hybridized carbons (Fsp3) is 0. The maximum Gasteiger partial charge on any atom is 0.0465 e. The van der Waals surface area contributed by atoms with Gasteiger partial charge in [0, 0.05) is 21.8 Å². The second kappa shape index (κ2) is 7.30. The van der Waals surface area contributed by atoms with Gasteiger partial charge in [-0.15, -0.1) is 0 Å². The Kier molecular flexibility index (Phi) is 4.18. The zero-order chi connectivity index (χ0) is 20.6. The zero-order valence-electron chi connectivity index (χ0n) is 17.0. The van der Waals surface area contributed by atoms with Gasteiger partial charge in [-0.2, -0.15) is 0 Å². The summed E-state index contributed by atoms with van der Waals surface area (Å²) in [6.45, 7) is 0. The second-order valence-corrected chi connectivity index (χ2v) is 7.89. The van der Waals surface area contributed by atoms with Crippen molar-refractivity contribution in [3.63, 3.8) is 0 Å². The van der Waals surface area contributed by atoms with E-state index in [0.717, 1.165) is 0 Å². The molecule has 31 heavy (non-hydrogen) atoms. The van der Waals surface area contributed by atoms with Gasteiger partial charge in [-0.25, -0.2) is 0 Å². The molecule has 0 amide bonds. The molecule has 6 aromatic rings. The topological polar surface area (TPSA) is 15.8 Å². The molecular formula is C30H21N. The molecule has 0 saturated carbocycles. The largest absolute Gasteiger partial charge is 0.355 e. The number of rotatable bonds is 3. The van der Waals surface area contributed by atoms with Gasteiger partial charge in [0.25, 0.3) is 0 Å². The summed E-state index contributed by atoms with van der Waals surface area (Å²) < 4.78 is 0. The molecule has 0 saturated heterocycles. The van der Waals surface area contributed by atoms with Crippen LogP contribution >= 0.6 is 0 Å². The molecule has 0 unspecified atom stereocenters. The first kappa shape index (κ1) is 17.7. The smallest absolute Gasteiger partial charge is 0.0465 e. The van der Waals surface area contributed by atoms with Crippen molar-refractivity contribution in [1.29, 1.82) is 0 Å². The van der Waals surface area contributed by atoms with Crippen LogP contribution in [0.5, 0.6) is 0 Å². The lowest BCUT2D eigenvalue weighted by Crippen LogP contribution is -1.90. The summed E-state index contributed by atoms with van der Waals surface area (Å²) in [5.41, 5.74) is 9.81. The summed E-state index contributed by atoms with van der Waals surface area (Å²) in [5, 5.41) is 2.52. The molecular weight excluding hydrogens is 374 g/mol. The van der Waals surface area contributed by atoms with E-state index >= 15 is 0 Å². The van der Waals surface area contributed by atoms with Crippen LogP contribution in [0.4, 0.5) is 0 Å². The fourth-order valence-electron chi connectivity index (χ4n) is 4.58. The molecule has 0 aliphatic heterocycles. The van der Waals surface area contributed by atoms with E-state index in [1.54, 1.807) is 0 Å². The molecule has 1 aromatic heterocycles. The standard InChI is InChI=1S/C30H21N/c1-3-10-21(11-4-1)24-15-9-16-25(22-12-5-2-6-13-22)30(24)23-18-19-29-27(20-23)26-14-7-8-17-28(26)31-29/h1-20,31H. The van der Waals surface area contributed by atoms with Crippen LogP contribution in [0, 0.1) is 0 Å². The highest BCUT2D eigenvalue weighted by molar-refractivity contribution is 6.09. The molecule has 0 aliphatic rings. The highest BCUT2D eigenvalue weighted by Crippen LogP contribution is 2.41. The van der Waals surface area contributed by atoms with Gasteiger partial charge in [0.15, 0.2) is 0 Å². The van der Waals surface area contributed by atoms with E-state index in [2.05, 4.69) is 126 Å². The minimum atomic E-state index is 1.17. The van der Waals surface area contributed by atoms with Crippen LogP contribution < -0.4 is 0 Å². The molecule has 0 atom stereocenters. The van der Waals surface area contributed by atoms with Gasteiger partial charge in [0.1, 0.15) is 0 Å². The Morgan fingerprint density at radius 3 is 1.65 bits per heavy atom. The Morgan fingerprint density at radius 2 is 0.968 bits per heavy atom. The predicted molar refractivity (Wildman–Crippen MR) is 132 cm³/mol. The molecule has 0 fully saturated rings. The number of hydrogen-bond acceptors (Lipinski definition) is 0. The Labute approximate surface area is 181 Å². The SMILES string of the molecule is c1ccc(-c2cccc(-c3ccccc3)c2-c2ccc3[nH]c4ccccc4c3c2)cc1. The lowest BCUT2D eigenvalue weighted by atomic mass is 9.87. The van der Waals surface area contributed by atoms with Gasteiger partial charge in [-0.3, -0.25) is 0 Å². The van der Waals surface area contributed by atoms with E-state index in [1.807, 2.05) is 0 Å². The Bertz CT molecular complexity index is 1450. The first-order chi connectivity index (χ1) is 15.4. The van der Waals surface area contributed by atoms with Crippen molar-refractivity contribution in [3.8, 4) is 33.4 Å². The first-order valence-electron chi connectivity index (χ1n) is 10.6. The lowest BCUT2D eigenvalue weighted by Gasteiger charge is -2.16. The quantitative estimate of drug-likeness (QED) is 0.310. The number of hydrogen-bond donors (Lipinski definition) is 1. The minimum absolute atomic E-state index is 1.17. The predicted octanol–water partition coefficient (Wildman–Crippen LogP) is 8.32. The van der Waals surface area contributed by atoms with Crippen LogP contribution in [0.2, 0.25) is 0 Å². The third-order valence-electron chi connectivity index (χ3n) is 6.03. The molecule has 5 aromatic carbocycles. The number of aromatic amines is 1. The van der Waals surface area contributed by atoms with E-state index in [9.17, 15) is 0 Å². The molecule has 1 heteroatoms. The average molecular weight is 396 g/mol. The van der Waals surface area contributed by atoms with Gasteiger partial charge in [0.2, 0.25) is 0 Å². The van der Waals surface area contributed by atoms with Gasteiger partial charge >= 0.3 is 0 Å². The van der Waals surface area contributed by atoms with Crippen molar-refractivity contribution in [3.05, 3.63) is 121 Å². The second-order valence-electron chi connectivity index (χ2n) is 7.89. The average Bonchev–Trinajstić information content (AvgIpc) is 3.22. The van der Waals surface area contributed by atoms with Crippen LogP contribution in [0.25, 0.3) is 55.2 Å². The molecule has 1 N–H and O–H groups in total. The van der Waals surface area contributed by atoms with Crippen molar-refractivity contribution < 1.29 is 0 Å². The maximum atomic E-state index is 3.55. The van der Waals surface area contributed by atoms with E-state index in [4.69, 9.17) is 0 Å². The number of benzene rings is 5. The molecule has 6 rings (SSSR count). The van der Waals surface area contributed by atoms with Crippen LogP contribution in [-0.2, 0) is 0 Å². The number of nitrogens with one attached hydrogen (secondary N) is 1. The fourth-order valence-corrected chi connectivity index (χ4v) is 4.58. The van der Waals surface area contributed by atoms with E-state index in [-0.39, 0.29) is 0 Å². The minimum Gasteiger partial charge on any atom is -0.355 e. The van der Waals surface area contributed by atoms with Crippen LogP contribution in [0.1, 0.15) is 0 Å². The third-order valence-corrected chi connectivity index (χ3v) is 6.03. The number of H-pyrrole nitrogens is 1. The molecule has 0 bridgehead atoms. The number of aromatic nitrogens is 1. The highest BCUT2D eigenvalue weighted by Gasteiger charge is 2.15. The lowest BCUT2D eigenvalue weighted by molar-refractivity contribution is 1.54. The normalized spacial score (nSPS) is 11.2. The van der Waals surface area contributed by atoms with E-state index in [0.29, 0.717) is 0 Å². The summed E-state index contributed by atoms with van der Waals surface area (Å²) >= 11 is 0. The summed E-state index contributed by atoms with van der Waals surface area (Å²) in [7, 11) is 0. The number of fused-ring (bicyclic) bond motifs is 3. The Hall–Kier alpha value is -4.10. The summed E-state index contributed by atoms with van der Waals surface area (Å²) in [6.07, 6.45) is 0. The molecule has 0 spiro atoms. The van der Waals surface area contributed by atoms with E-state index in [1.165, 1.54) is 55.2 Å². The third kappa shape index (κ3) is 3.03. The van der Waals surface area contributed by atoms with Gasteiger partial charge in [-0.1, -0.05) is 103 Å². The van der Waals surface area contributed by atoms with Crippen molar-refractivity contribution in [2.45, 2.75) is 0 Å². The van der Waals surface area contributed by atoms with Crippen molar-refractivity contribution in [2.75, 3.05) is 0 Å².